The Morgan fingerprint density at radius 1 is 0.949 bits per heavy atom. The van der Waals surface area contributed by atoms with Gasteiger partial charge >= 0.3 is 0 Å². The molecule has 0 saturated heterocycles. The van der Waals surface area contributed by atoms with E-state index in [0.717, 1.165) is 27.8 Å². The molecule has 0 radical (unpaired) electrons. The molecule has 6 rings (SSSR count). The quantitative estimate of drug-likeness (QED) is 0.266. The van der Waals surface area contributed by atoms with Crippen LogP contribution in [0.2, 0.25) is 0 Å². The maximum Gasteiger partial charge on any atom is 0.190 e. The standard InChI is InChI=1S/C34H23FO4/c1-4-37-25-13-14-28-20(2)15-26(39-31(28)19-25)18-27-17-23(16-21(3)38-27)33-32(22-9-11-24(35)12-10-22)29-7-5-6-8-30(29)34(33)36/h1,5-19,32H,2-3H3. The highest BCUT2D eigenvalue weighted by Gasteiger charge is 2.37. The normalized spacial score (nSPS) is 20.6. The van der Waals surface area contributed by atoms with Crippen molar-refractivity contribution in [2.45, 2.75) is 19.8 Å². The maximum atomic E-state index is 13.8. The van der Waals surface area contributed by atoms with Crippen molar-refractivity contribution in [1.82, 2.24) is 0 Å². The lowest BCUT2D eigenvalue weighted by atomic mass is 9.86. The van der Waals surface area contributed by atoms with Gasteiger partial charge in [-0.15, -0.1) is 0 Å². The molecule has 3 aliphatic rings. The average molecular weight is 515 g/mol. The summed E-state index contributed by atoms with van der Waals surface area (Å²) >= 11 is 0. The highest BCUT2D eigenvalue weighted by molar-refractivity contribution is 6.16. The molecule has 39 heavy (non-hydrogen) atoms. The van der Waals surface area contributed by atoms with Crippen molar-refractivity contribution in [3.8, 4) is 24.0 Å². The number of hydrogen-bond donors (Lipinski definition) is 0. The molecule has 1 atom stereocenters. The van der Waals surface area contributed by atoms with Gasteiger partial charge in [0.15, 0.2) is 5.78 Å². The first kappa shape index (κ1) is 24.3. The van der Waals surface area contributed by atoms with Gasteiger partial charge in [-0.1, -0.05) is 42.8 Å². The Labute approximate surface area is 226 Å². The first-order valence-electron chi connectivity index (χ1n) is 12.5. The number of benzene rings is 3. The van der Waals surface area contributed by atoms with Gasteiger partial charge in [0, 0.05) is 34.8 Å². The highest BCUT2D eigenvalue weighted by atomic mass is 19.1. The van der Waals surface area contributed by atoms with Crippen molar-refractivity contribution < 1.29 is 23.4 Å². The van der Waals surface area contributed by atoms with Gasteiger partial charge in [0.2, 0.25) is 0 Å². The van der Waals surface area contributed by atoms with E-state index in [-0.39, 0.29) is 17.5 Å². The minimum absolute atomic E-state index is 0.0521. The summed E-state index contributed by atoms with van der Waals surface area (Å²) in [7, 11) is 0. The maximum absolute atomic E-state index is 13.8. The molecule has 0 saturated carbocycles. The zero-order chi connectivity index (χ0) is 27.1. The van der Waals surface area contributed by atoms with Crippen molar-refractivity contribution in [3.63, 3.8) is 0 Å². The molecule has 2 heterocycles. The van der Waals surface area contributed by atoms with E-state index < -0.39 is 0 Å². The molecule has 3 aromatic carbocycles. The Balaban J connectivity index is 1.43. The minimum atomic E-state index is -0.328. The van der Waals surface area contributed by atoms with Crippen LogP contribution in [0, 0.1) is 18.3 Å². The van der Waals surface area contributed by atoms with Crippen LogP contribution in [0.3, 0.4) is 0 Å². The van der Waals surface area contributed by atoms with Gasteiger partial charge in [0.25, 0.3) is 0 Å². The molecule has 190 valence electrons. The number of terminal acetylenes is 1. The summed E-state index contributed by atoms with van der Waals surface area (Å²) in [6.45, 7) is 3.83. The molecule has 0 aromatic heterocycles. The molecular formula is C34H23FO4. The molecule has 5 heteroatoms. The second kappa shape index (κ2) is 9.66. The Morgan fingerprint density at radius 3 is 2.54 bits per heavy atom. The van der Waals surface area contributed by atoms with Crippen molar-refractivity contribution in [2.75, 3.05) is 0 Å². The minimum Gasteiger partial charge on any atom is -0.462 e. The predicted molar refractivity (Wildman–Crippen MR) is 147 cm³/mol. The van der Waals surface area contributed by atoms with E-state index in [4.69, 9.17) is 20.6 Å². The van der Waals surface area contributed by atoms with Crippen LogP contribution < -0.4 is 9.47 Å². The lowest BCUT2D eigenvalue weighted by molar-refractivity contribution is 0.103. The number of halogens is 1. The third-order valence-electron chi connectivity index (χ3n) is 6.93. The monoisotopic (exact) mass is 514 g/mol. The lowest BCUT2D eigenvalue weighted by Gasteiger charge is -2.21. The molecule has 3 aromatic rings. The summed E-state index contributed by atoms with van der Waals surface area (Å²) in [5.74, 6) is 2.16. The highest BCUT2D eigenvalue weighted by Crippen LogP contribution is 2.45. The molecule has 0 fully saturated rings. The number of allylic oxidation sites excluding steroid dienone is 8. The topological polar surface area (TPSA) is 44.8 Å². The second-order valence-corrected chi connectivity index (χ2v) is 9.53. The molecule has 0 N–H and O–H groups in total. The van der Waals surface area contributed by atoms with Gasteiger partial charge in [-0.25, -0.2) is 4.39 Å². The third kappa shape index (κ3) is 4.47. The Morgan fingerprint density at radius 2 is 1.74 bits per heavy atom. The Kier molecular flexibility index (Phi) is 6.01. The average Bonchev–Trinajstić information content (AvgIpc) is 3.21. The lowest BCUT2D eigenvalue weighted by Crippen LogP contribution is -2.09. The molecule has 0 spiro atoms. The molecule has 2 aliphatic heterocycles. The molecular weight excluding hydrogens is 491 g/mol. The van der Waals surface area contributed by atoms with Crippen molar-refractivity contribution in [2.24, 2.45) is 0 Å². The fourth-order valence-corrected chi connectivity index (χ4v) is 5.28. The van der Waals surface area contributed by atoms with Crippen LogP contribution in [0.4, 0.5) is 4.39 Å². The van der Waals surface area contributed by atoms with E-state index in [0.29, 0.717) is 39.9 Å². The van der Waals surface area contributed by atoms with Gasteiger partial charge in [-0.2, -0.15) is 0 Å². The zero-order valence-electron chi connectivity index (χ0n) is 21.3. The molecule has 0 bridgehead atoms. The van der Waals surface area contributed by atoms with Crippen LogP contribution in [-0.2, 0) is 4.74 Å². The van der Waals surface area contributed by atoms with E-state index in [1.54, 1.807) is 30.3 Å². The SMILES string of the molecule is C#COc1ccc2c(c1)OC(=CC1=CC(=C3C(=O)c4ccccc4C3c3ccc(F)cc3)C=C(C)O1)C=C2C. The number of fused-ring (bicyclic) bond motifs is 2. The van der Waals surface area contributed by atoms with Crippen LogP contribution in [0.15, 0.2) is 119 Å². The largest absolute Gasteiger partial charge is 0.462 e. The number of Topliss-reactive ketones (excluding diaryl/α,β-unsaturated/α-hetero) is 1. The third-order valence-corrected chi connectivity index (χ3v) is 6.93. The Hall–Kier alpha value is -5.08. The van der Waals surface area contributed by atoms with E-state index in [2.05, 4.69) is 6.11 Å². The van der Waals surface area contributed by atoms with Gasteiger partial charge in [-0.3, -0.25) is 4.79 Å². The van der Waals surface area contributed by atoms with E-state index >= 15 is 0 Å². The van der Waals surface area contributed by atoms with Crippen LogP contribution in [0.5, 0.6) is 11.5 Å². The van der Waals surface area contributed by atoms with Gasteiger partial charge in [0.05, 0.1) is 0 Å². The summed E-state index contributed by atoms with van der Waals surface area (Å²) in [4.78, 5) is 13.7. The van der Waals surface area contributed by atoms with E-state index in [1.165, 1.54) is 12.1 Å². The smallest absolute Gasteiger partial charge is 0.190 e. The van der Waals surface area contributed by atoms with Gasteiger partial charge < -0.3 is 14.2 Å². The molecule has 4 nitrogen and oxygen atoms in total. The summed E-state index contributed by atoms with van der Waals surface area (Å²) < 4.78 is 31.1. The number of carbonyl (C=O) groups excluding carboxylic acids is 1. The summed E-state index contributed by atoms with van der Waals surface area (Å²) in [6, 6.07) is 19.3. The first-order chi connectivity index (χ1) is 18.9. The van der Waals surface area contributed by atoms with Gasteiger partial charge in [-0.05, 0) is 78.6 Å². The summed E-state index contributed by atoms with van der Waals surface area (Å²) in [5.41, 5.74) is 5.70. The van der Waals surface area contributed by atoms with Crippen LogP contribution in [-0.4, -0.2) is 5.78 Å². The zero-order valence-corrected chi connectivity index (χ0v) is 21.3. The van der Waals surface area contributed by atoms with Crippen LogP contribution in [0.25, 0.3) is 5.57 Å². The van der Waals surface area contributed by atoms with Crippen molar-refractivity contribution >= 4 is 11.4 Å². The Bertz CT molecular complexity index is 1730. The second-order valence-electron chi connectivity index (χ2n) is 9.53. The molecule has 0 amide bonds. The van der Waals surface area contributed by atoms with E-state index in [1.807, 2.05) is 62.4 Å². The summed E-state index contributed by atoms with van der Waals surface area (Å²) in [6.07, 6.45) is 14.9. The number of ether oxygens (including phenoxy) is 3. The molecule has 1 unspecified atom stereocenters. The van der Waals surface area contributed by atoms with Gasteiger partial charge in [0.1, 0.15) is 40.7 Å². The van der Waals surface area contributed by atoms with Crippen LogP contribution in [0.1, 0.15) is 46.8 Å². The fourth-order valence-electron chi connectivity index (χ4n) is 5.28. The number of ketones is 1. The van der Waals surface area contributed by atoms with Crippen molar-refractivity contribution in [3.05, 3.63) is 148 Å². The predicted octanol–water partition coefficient (Wildman–Crippen LogP) is 7.62. The van der Waals surface area contributed by atoms with E-state index in [9.17, 15) is 9.18 Å². The number of rotatable bonds is 3. The van der Waals surface area contributed by atoms with Crippen molar-refractivity contribution in [1.29, 1.82) is 0 Å². The molecule has 1 aliphatic carbocycles. The fraction of sp³-hybridized carbons (Fsp3) is 0.0882. The first-order valence-corrected chi connectivity index (χ1v) is 12.5. The summed E-state index contributed by atoms with van der Waals surface area (Å²) in [5, 5.41) is 0. The number of carbonyl (C=O) groups is 1. The number of hydrogen-bond acceptors (Lipinski definition) is 4. The van der Waals surface area contributed by atoms with Crippen LogP contribution >= 0.6 is 0 Å².